The minimum absolute atomic E-state index is 0.0110. The van der Waals surface area contributed by atoms with Crippen molar-refractivity contribution in [2.75, 3.05) is 13.2 Å². The summed E-state index contributed by atoms with van der Waals surface area (Å²) in [7, 11) is 0. The number of nitrogens with zero attached hydrogens (tertiary/aromatic N) is 1. The Hall–Kier alpha value is -0.610. The molecule has 114 valence electrons. The predicted octanol–water partition coefficient (Wildman–Crippen LogP) is 2.06. The Labute approximate surface area is 122 Å². The van der Waals surface area contributed by atoms with E-state index in [2.05, 4.69) is 11.8 Å². The van der Waals surface area contributed by atoms with Gasteiger partial charge in [0, 0.05) is 12.1 Å². The monoisotopic (exact) mass is 280 g/mol. The number of carbonyl (C=O) groups is 1. The molecule has 0 radical (unpaired) electrons. The van der Waals surface area contributed by atoms with E-state index in [9.17, 15) is 4.79 Å². The fourth-order valence-electron chi connectivity index (χ4n) is 4.33. The van der Waals surface area contributed by atoms with Gasteiger partial charge in [-0.05, 0) is 32.6 Å². The quantitative estimate of drug-likeness (QED) is 0.800. The molecule has 0 aromatic carbocycles. The first kappa shape index (κ1) is 14.3. The number of rotatable bonds is 1. The van der Waals surface area contributed by atoms with Crippen LogP contribution in [0, 0.1) is 5.92 Å². The molecule has 4 unspecified atom stereocenters. The number of morpholine rings is 1. The molecule has 1 amide bonds. The van der Waals surface area contributed by atoms with Gasteiger partial charge in [0.1, 0.15) is 0 Å². The maximum atomic E-state index is 13.0. The minimum Gasteiger partial charge on any atom is -0.374 e. The van der Waals surface area contributed by atoms with E-state index in [0.717, 1.165) is 45.1 Å². The molecule has 4 heteroatoms. The summed E-state index contributed by atoms with van der Waals surface area (Å²) >= 11 is 0. The van der Waals surface area contributed by atoms with Crippen molar-refractivity contribution in [3.05, 3.63) is 0 Å². The zero-order valence-electron chi connectivity index (χ0n) is 12.6. The second-order valence-corrected chi connectivity index (χ2v) is 7.10. The molecule has 0 aromatic heterocycles. The number of carbonyl (C=O) groups excluding carboxylic acids is 1. The van der Waals surface area contributed by atoms with Crippen molar-refractivity contribution >= 4 is 5.91 Å². The lowest BCUT2D eigenvalue weighted by atomic mass is 9.73. The van der Waals surface area contributed by atoms with Gasteiger partial charge >= 0.3 is 0 Å². The Kier molecular flexibility index (Phi) is 4.04. The standard InChI is InChI=1S/C16H28N2O2/c1-16(17)9-5-4-6-12(16)15(19)18-10-11-20-14-8-3-2-7-13(14)18/h12-14H,2-11,17H2,1H3. The summed E-state index contributed by atoms with van der Waals surface area (Å²) in [5.41, 5.74) is 6.10. The van der Waals surface area contributed by atoms with E-state index in [-0.39, 0.29) is 17.6 Å². The third-order valence-electron chi connectivity index (χ3n) is 5.57. The molecule has 0 aromatic rings. The van der Waals surface area contributed by atoms with E-state index < -0.39 is 0 Å². The molecule has 4 nitrogen and oxygen atoms in total. The second-order valence-electron chi connectivity index (χ2n) is 7.10. The summed E-state index contributed by atoms with van der Waals surface area (Å²) in [4.78, 5) is 15.1. The molecule has 3 rings (SSSR count). The van der Waals surface area contributed by atoms with Crippen LogP contribution in [-0.2, 0) is 9.53 Å². The van der Waals surface area contributed by atoms with E-state index in [4.69, 9.17) is 10.5 Å². The lowest BCUT2D eigenvalue weighted by Gasteiger charge is -2.47. The number of fused-ring (bicyclic) bond motifs is 1. The van der Waals surface area contributed by atoms with E-state index in [1.807, 2.05) is 0 Å². The average Bonchev–Trinajstić information content (AvgIpc) is 2.45. The van der Waals surface area contributed by atoms with Crippen LogP contribution in [-0.4, -0.2) is 41.6 Å². The van der Waals surface area contributed by atoms with Crippen molar-refractivity contribution in [2.45, 2.75) is 76.0 Å². The largest absolute Gasteiger partial charge is 0.374 e. The van der Waals surface area contributed by atoms with Crippen molar-refractivity contribution in [2.24, 2.45) is 11.7 Å². The molecule has 2 aliphatic carbocycles. The summed E-state index contributed by atoms with van der Waals surface area (Å²) in [5.74, 6) is 0.312. The molecule has 1 aliphatic heterocycles. The highest BCUT2D eigenvalue weighted by molar-refractivity contribution is 5.81. The fraction of sp³-hybridized carbons (Fsp3) is 0.938. The normalized spacial score (nSPS) is 42.1. The minimum atomic E-state index is -0.322. The highest BCUT2D eigenvalue weighted by Gasteiger charge is 2.44. The van der Waals surface area contributed by atoms with Gasteiger partial charge in [0.2, 0.25) is 5.91 Å². The zero-order chi connectivity index (χ0) is 14.2. The Morgan fingerprint density at radius 3 is 2.75 bits per heavy atom. The summed E-state index contributed by atoms with van der Waals surface area (Å²) in [5, 5.41) is 0. The van der Waals surface area contributed by atoms with Gasteiger partial charge in [-0.25, -0.2) is 0 Å². The van der Waals surface area contributed by atoms with Crippen molar-refractivity contribution in [1.82, 2.24) is 4.90 Å². The fourth-order valence-corrected chi connectivity index (χ4v) is 4.33. The van der Waals surface area contributed by atoms with Crippen molar-refractivity contribution in [1.29, 1.82) is 0 Å². The Bertz CT molecular complexity index is 367. The van der Waals surface area contributed by atoms with Crippen LogP contribution in [0.1, 0.15) is 58.3 Å². The molecule has 0 bridgehead atoms. The van der Waals surface area contributed by atoms with Crippen LogP contribution < -0.4 is 5.73 Å². The summed E-state index contributed by atoms with van der Waals surface area (Å²) in [6.07, 6.45) is 9.17. The van der Waals surface area contributed by atoms with Gasteiger partial charge < -0.3 is 15.4 Å². The lowest BCUT2D eigenvalue weighted by molar-refractivity contribution is -0.157. The van der Waals surface area contributed by atoms with E-state index in [1.54, 1.807) is 0 Å². The van der Waals surface area contributed by atoms with Gasteiger partial charge in [0.05, 0.1) is 24.7 Å². The van der Waals surface area contributed by atoms with Crippen LogP contribution in [0.25, 0.3) is 0 Å². The van der Waals surface area contributed by atoms with Gasteiger partial charge in [-0.2, -0.15) is 0 Å². The number of hydrogen-bond donors (Lipinski definition) is 1. The summed E-state index contributed by atoms with van der Waals surface area (Å²) in [6.45, 7) is 3.51. The van der Waals surface area contributed by atoms with E-state index >= 15 is 0 Å². The van der Waals surface area contributed by atoms with Crippen molar-refractivity contribution < 1.29 is 9.53 Å². The van der Waals surface area contributed by atoms with Crippen molar-refractivity contribution in [3.8, 4) is 0 Å². The van der Waals surface area contributed by atoms with Crippen LogP contribution in [0.5, 0.6) is 0 Å². The van der Waals surface area contributed by atoms with Crippen LogP contribution in [0.3, 0.4) is 0 Å². The Morgan fingerprint density at radius 2 is 1.95 bits per heavy atom. The van der Waals surface area contributed by atoms with Gasteiger partial charge in [0.15, 0.2) is 0 Å². The first-order chi connectivity index (χ1) is 9.59. The molecular weight excluding hydrogens is 252 g/mol. The molecule has 2 saturated carbocycles. The Balaban J connectivity index is 1.74. The van der Waals surface area contributed by atoms with Gasteiger partial charge in [0.25, 0.3) is 0 Å². The SMILES string of the molecule is CC1(N)CCCCC1C(=O)N1CCOC2CCCCC21. The molecular formula is C16H28N2O2. The molecule has 3 fully saturated rings. The molecule has 1 heterocycles. The van der Waals surface area contributed by atoms with Crippen LogP contribution in [0.4, 0.5) is 0 Å². The van der Waals surface area contributed by atoms with E-state index in [0.29, 0.717) is 18.6 Å². The maximum Gasteiger partial charge on any atom is 0.227 e. The summed E-state index contributed by atoms with van der Waals surface area (Å²) < 4.78 is 5.88. The molecule has 20 heavy (non-hydrogen) atoms. The summed E-state index contributed by atoms with van der Waals surface area (Å²) in [6, 6.07) is 0.308. The molecule has 0 spiro atoms. The van der Waals surface area contributed by atoms with Crippen LogP contribution in [0.2, 0.25) is 0 Å². The molecule has 1 saturated heterocycles. The second kappa shape index (κ2) is 5.64. The highest BCUT2D eigenvalue weighted by atomic mass is 16.5. The third-order valence-corrected chi connectivity index (χ3v) is 5.57. The van der Waals surface area contributed by atoms with Crippen molar-refractivity contribution in [3.63, 3.8) is 0 Å². The lowest BCUT2D eigenvalue weighted by Crippen LogP contribution is -2.60. The first-order valence-electron chi connectivity index (χ1n) is 8.30. The van der Waals surface area contributed by atoms with Gasteiger partial charge in [-0.1, -0.05) is 25.7 Å². The number of ether oxygens (including phenoxy) is 1. The smallest absolute Gasteiger partial charge is 0.227 e. The third kappa shape index (κ3) is 2.60. The molecule has 4 atom stereocenters. The maximum absolute atomic E-state index is 13.0. The van der Waals surface area contributed by atoms with Gasteiger partial charge in [-0.15, -0.1) is 0 Å². The van der Waals surface area contributed by atoms with Crippen LogP contribution in [0.15, 0.2) is 0 Å². The number of hydrogen-bond acceptors (Lipinski definition) is 3. The zero-order valence-corrected chi connectivity index (χ0v) is 12.6. The Morgan fingerprint density at radius 1 is 1.20 bits per heavy atom. The van der Waals surface area contributed by atoms with E-state index in [1.165, 1.54) is 12.8 Å². The first-order valence-corrected chi connectivity index (χ1v) is 8.30. The topological polar surface area (TPSA) is 55.6 Å². The number of amides is 1. The van der Waals surface area contributed by atoms with Crippen LogP contribution >= 0.6 is 0 Å². The number of nitrogens with two attached hydrogens (primary N) is 1. The predicted molar refractivity (Wildman–Crippen MR) is 78.3 cm³/mol. The average molecular weight is 280 g/mol. The molecule has 2 N–H and O–H groups in total. The van der Waals surface area contributed by atoms with Gasteiger partial charge in [-0.3, -0.25) is 4.79 Å². The highest BCUT2D eigenvalue weighted by Crippen LogP contribution is 2.36. The molecule has 3 aliphatic rings.